The van der Waals surface area contributed by atoms with Gasteiger partial charge < -0.3 is 5.11 Å². The molecular weight excluding hydrogens is 227 g/mol. The van der Waals surface area contributed by atoms with Gasteiger partial charge in [0.1, 0.15) is 11.6 Å². The van der Waals surface area contributed by atoms with Crippen LogP contribution in [0.2, 0.25) is 0 Å². The number of aromatic hydroxyl groups is 1. The Morgan fingerprint density at radius 2 is 1.94 bits per heavy atom. The Labute approximate surface area is 106 Å². The number of hydrogen-bond acceptors (Lipinski definition) is 1. The molecule has 0 saturated carbocycles. The summed E-state index contributed by atoms with van der Waals surface area (Å²) in [5, 5.41) is 11.3. The number of benzene rings is 2. The lowest BCUT2D eigenvalue weighted by atomic mass is 9.92. The zero-order valence-electron chi connectivity index (χ0n) is 10.7. The van der Waals surface area contributed by atoms with Crippen molar-refractivity contribution in [3.05, 3.63) is 41.2 Å². The van der Waals surface area contributed by atoms with E-state index >= 15 is 0 Å². The molecule has 18 heavy (non-hydrogen) atoms. The highest BCUT2D eigenvalue weighted by molar-refractivity contribution is 5.93. The van der Waals surface area contributed by atoms with Crippen LogP contribution in [-0.2, 0) is 0 Å². The van der Waals surface area contributed by atoms with Crippen LogP contribution in [0.1, 0.15) is 37.8 Å². The Morgan fingerprint density at radius 3 is 2.56 bits per heavy atom. The Morgan fingerprint density at radius 1 is 1.22 bits per heavy atom. The van der Waals surface area contributed by atoms with Gasteiger partial charge in [0.25, 0.3) is 0 Å². The van der Waals surface area contributed by atoms with Gasteiger partial charge in [-0.05, 0) is 42.0 Å². The number of rotatable bonds is 1. The standard InChI is InChI=1S/C16H15FO/c1-4-5-13-15(17)7-6-11-8-12(18)9-14(10(2)3)16(11)13/h6-10,18H,1-3H3. The van der Waals surface area contributed by atoms with Crippen LogP contribution in [-0.4, -0.2) is 5.11 Å². The molecule has 0 unspecified atom stereocenters. The van der Waals surface area contributed by atoms with Crippen molar-refractivity contribution in [3.8, 4) is 17.6 Å². The zero-order valence-corrected chi connectivity index (χ0v) is 10.7. The van der Waals surface area contributed by atoms with Gasteiger partial charge >= 0.3 is 0 Å². The molecule has 0 bridgehead atoms. The third kappa shape index (κ3) is 2.04. The van der Waals surface area contributed by atoms with Crippen LogP contribution in [0, 0.1) is 17.7 Å². The lowest BCUT2D eigenvalue weighted by Crippen LogP contribution is -1.95. The summed E-state index contributed by atoms with van der Waals surface area (Å²) < 4.78 is 13.9. The van der Waals surface area contributed by atoms with Crippen LogP contribution in [0.25, 0.3) is 10.8 Å². The van der Waals surface area contributed by atoms with Crippen LogP contribution in [0.4, 0.5) is 4.39 Å². The molecular formula is C16H15FO. The summed E-state index contributed by atoms with van der Waals surface area (Å²) in [4.78, 5) is 0. The average Bonchev–Trinajstić information content (AvgIpc) is 2.32. The van der Waals surface area contributed by atoms with Gasteiger partial charge in [-0.1, -0.05) is 25.8 Å². The molecule has 0 aromatic heterocycles. The average molecular weight is 242 g/mol. The molecule has 2 heteroatoms. The summed E-state index contributed by atoms with van der Waals surface area (Å²) in [6, 6.07) is 6.40. The lowest BCUT2D eigenvalue weighted by Gasteiger charge is -2.13. The molecule has 0 aliphatic heterocycles. The molecule has 0 spiro atoms. The van der Waals surface area contributed by atoms with Crippen LogP contribution in [0.3, 0.4) is 0 Å². The van der Waals surface area contributed by atoms with Crippen molar-refractivity contribution in [1.82, 2.24) is 0 Å². The summed E-state index contributed by atoms with van der Waals surface area (Å²) >= 11 is 0. The maximum atomic E-state index is 13.9. The van der Waals surface area contributed by atoms with Crippen molar-refractivity contribution in [2.45, 2.75) is 26.7 Å². The first kappa shape index (κ1) is 12.4. The second-order valence-corrected chi connectivity index (χ2v) is 4.59. The van der Waals surface area contributed by atoms with Gasteiger partial charge in [-0.3, -0.25) is 0 Å². The molecule has 2 aromatic carbocycles. The fourth-order valence-corrected chi connectivity index (χ4v) is 2.16. The van der Waals surface area contributed by atoms with E-state index in [2.05, 4.69) is 11.8 Å². The first-order valence-electron chi connectivity index (χ1n) is 5.92. The molecule has 0 amide bonds. The molecule has 1 N–H and O–H groups in total. The minimum Gasteiger partial charge on any atom is -0.508 e. The zero-order chi connectivity index (χ0) is 13.3. The Balaban J connectivity index is 2.96. The van der Waals surface area contributed by atoms with E-state index in [0.29, 0.717) is 5.56 Å². The second-order valence-electron chi connectivity index (χ2n) is 4.59. The minimum absolute atomic E-state index is 0.193. The Hall–Kier alpha value is -2.01. The molecule has 2 rings (SSSR count). The van der Waals surface area contributed by atoms with Gasteiger partial charge in [-0.15, -0.1) is 5.92 Å². The van der Waals surface area contributed by atoms with Crippen LogP contribution in [0.5, 0.6) is 5.75 Å². The molecule has 1 nitrogen and oxygen atoms in total. The number of phenols is 1. The largest absolute Gasteiger partial charge is 0.508 e. The first-order chi connectivity index (χ1) is 8.54. The maximum Gasteiger partial charge on any atom is 0.139 e. The number of phenolic OH excluding ortho intramolecular Hbond substituents is 1. The highest BCUT2D eigenvalue weighted by Gasteiger charge is 2.13. The van der Waals surface area contributed by atoms with Crippen molar-refractivity contribution in [2.24, 2.45) is 0 Å². The minimum atomic E-state index is -0.315. The lowest BCUT2D eigenvalue weighted by molar-refractivity contribution is 0.475. The van der Waals surface area contributed by atoms with E-state index in [-0.39, 0.29) is 17.5 Å². The molecule has 0 radical (unpaired) electrons. The SMILES string of the molecule is CC#Cc1c(F)ccc2cc(O)cc(C(C)C)c12. The van der Waals surface area contributed by atoms with Crippen LogP contribution in [0.15, 0.2) is 24.3 Å². The summed E-state index contributed by atoms with van der Waals surface area (Å²) in [6.45, 7) is 5.72. The molecule has 0 aliphatic rings. The number of fused-ring (bicyclic) bond motifs is 1. The topological polar surface area (TPSA) is 20.2 Å². The van der Waals surface area contributed by atoms with Crippen molar-refractivity contribution >= 4 is 10.8 Å². The van der Waals surface area contributed by atoms with Crippen molar-refractivity contribution in [3.63, 3.8) is 0 Å². The fourth-order valence-electron chi connectivity index (χ4n) is 2.16. The maximum absolute atomic E-state index is 13.9. The summed E-state index contributed by atoms with van der Waals surface area (Å²) in [6.07, 6.45) is 0. The highest BCUT2D eigenvalue weighted by Crippen LogP contribution is 2.33. The third-order valence-corrected chi connectivity index (χ3v) is 2.95. The highest BCUT2D eigenvalue weighted by atomic mass is 19.1. The van der Waals surface area contributed by atoms with Crippen molar-refractivity contribution in [1.29, 1.82) is 0 Å². The van der Waals surface area contributed by atoms with E-state index < -0.39 is 0 Å². The normalized spacial score (nSPS) is 10.5. The monoisotopic (exact) mass is 242 g/mol. The van der Waals surface area contributed by atoms with Gasteiger partial charge in [-0.25, -0.2) is 4.39 Å². The van der Waals surface area contributed by atoms with Crippen molar-refractivity contribution in [2.75, 3.05) is 0 Å². The van der Waals surface area contributed by atoms with E-state index in [9.17, 15) is 9.50 Å². The van der Waals surface area contributed by atoms with Gasteiger partial charge in [0, 0.05) is 5.39 Å². The predicted molar refractivity (Wildman–Crippen MR) is 72.2 cm³/mol. The summed E-state index contributed by atoms with van der Waals surface area (Å²) in [5.41, 5.74) is 1.33. The van der Waals surface area contributed by atoms with Gasteiger partial charge in [0.05, 0.1) is 5.56 Å². The van der Waals surface area contributed by atoms with Gasteiger partial charge in [0.15, 0.2) is 0 Å². The summed E-state index contributed by atoms with van der Waals surface area (Å²) in [5.74, 6) is 5.65. The fraction of sp³-hybridized carbons (Fsp3) is 0.250. The number of hydrogen-bond donors (Lipinski definition) is 1. The molecule has 0 saturated heterocycles. The van der Waals surface area contributed by atoms with Gasteiger partial charge in [0.2, 0.25) is 0 Å². The quantitative estimate of drug-likeness (QED) is 0.744. The summed E-state index contributed by atoms with van der Waals surface area (Å²) in [7, 11) is 0. The van der Waals surface area contributed by atoms with E-state index in [4.69, 9.17) is 0 Å². The predicted octanol–water partition coefficient (Wildman–Crippen LogP) is 4.18. The van der Waals surface area contributed by atoms with Crippen LogP contribution >= 0.6 is 0 Å². The molecule has 0 aliphatic carbocycles. The molecule has 0 fully saturated rings. The Bertz CT molecular complexity index is 660. The van der Waals surface area contributed by atoms with E-state index in [1.54, 1.807) is 25.1 Å². The Kier molecular flexibility index (Phi) is 3.25. The van der Waals surface area contributed by atoms with Crippen LogP contribution < -0.4 is 0 Å². The van der Waals surface area contributed by atoms with E-state index in [1.165, 1.54) is 6.07 Å². The van der Waals surface area contributed by atoms with E-state index in [1.807, 2.05) is 13.8 Å². The van der Waals surface area contributed by atoms with E-state index in [0.717, 1.165) is 16.3 Å². The molecule has 2 aromatic rings. The number of halogens is 1. The molecule has 0 atom stereocenters. The first-order valence-corrected chi connectivity index (χ1v) is 5.92. The third-order valence-electron chi connectivity index (χ3n) is 2.95. The molecule has 0 heterocycles. The van der Waals surface area contributed by atoms with Crippen molar-refractivity contribution < 1.29 is 9.50 Å². The second kappa shape index (κ2) is 4.70. The smallest absolute Gasteiger partial charge is 0.139 e. The van der Waals surface area contributed by atoms with Gasteiger partial charge in [-0.2, -0.15) is 0 Å². The molecule has 92 valence electrons.